The van der Waals surface area contributed by atoms with Crippen LogP contribution in [-0.4, -0.2) is 37.9 Å². The van der Waals surface area contributed by atoms with E-state index in [1.54, 1.807) is 57.6 Å². The zero-order chi connectivity index (χ0) is 42.2. The number of halogens is 6. The fraction of sp³-hybridized carbons (Fsp3) is 0.116. The van der Waals surface area contributed by atoms with Crippen molar-refractivity contribution in [2.75, 3.05) is 12.4 Å². The number of imidazole rings is 2. The van der Waals surface area contributed by atoms with Crippen molar-refractivity contribution in [1.29, 1.82) is 0 Å². The van der Waals surface area contributed by atoms with Crippen molar-refractivity contribution in [2.45, 2.75) is 25.4 Å². The van der Waals surface area contributed by atoms with E-state index in [1.165, 1.54) is 37.4 Å². The molecule has 0 bridgehead atoms. The number of nitrogens with zero attached hydrogens (tertiary/aromatic N) is 4. The molecule has 3 aromatic carbocycles. The number of carbonyl (C=O) groups excluding carboxylic acids is 2. The summed E-state index contributed by atoms with van der Waals surface area (Å²) in [7, 11) is 1.26. The Bertz CT molecular complexity index is 2790. The largest absolute Gasteiger partial charge is 0.465 e. The summed E-state index contributed by atoms with van der Waals surface area (Å²) in [6.07, 6.45) is -5.35. The van der Waals surface area contributed by atoms with Crippen LogP contribution in [-0.2, 0) is 30.2 Å². The highest BCUT2D eigenvalue weighted by Crippen LogP contribution is 2.30. The number of benzene rings is 3. The summed E-state index contributed by atoms with van der Waals surface area (Å²) in [5, 5.41) is 5.31. The lowest BCUT2D eigenvalue weighted by Gasteiger charge is -2.08. The fourth-order valence-electron chi connectivity index (χ4n) is 5.61. The van der Waals surface area contributed by atoms with Crippen LogP contribution in [0.1, 0.15) is 55.4 Å². The average molecular weight is 808 g/mol. The summed E-state index contributed by atoms with van der Waals surface area (Å²) >= 11 is 0. The van der Waals surface area contributed by atoms with Gasteiger partial charge in [-0.2, -0.15) is 26.3 Å². The predicted molar refractivity (Wildman–Crippen MR) is 207 cm³/mol. The predicted octanol–water partition coefficient (Wildman–Crippen LogP) is 8.07. The minimum absolute atomic E-state index is 0.00316. The number of ether oxygens (including phenoxy) is 1. The highest BCUT2D eigenvalue weighted by atomic mass is 19.4. The molecule has 0 fully saturated rings. The highest BCUT2D eigenvalue weighted by Gasteiger charge is 2.31. The van der Waals surface area contributed by atoms with Gasteiger partial charge in [0.2, 0.25) is 0 Å². The van der Waals surface area contributed by atoms with Crippen LogP contribution in [0, 0.1) is 23.7 Å². The van der Waals surface area contributed by atoms with E-state index < -0.39 is 35.5 Å². The number of methoxy groups -OCH3 is 1. The number of alkyl halides is 6. The van der Waals surface area contributed by atoms with Gasteiger partial charge in [-0.25, -0.2) is 19.6 Å². The number of amides is 2. The number of fused-ring (bicyclic) bond motifs is 2. The zero-order valence-corrected chi connectivity index (χ0v) is 30.8. The molecule has 2 amide bonds. The molecule has 0 unspecified atom stereocenters. The summed E-state index contributed by atoms with van der Waals surface area (Å²) in [5.41, 5.74) is 8.61. The van der Waals surface area contributed by atoms with Crippen molar-refractivity contribution in [2.24, 2.45) is 5.73 Å². The number of pyridine rings is 2. The Hall–Kier alpha value is -7.56. The maximum atomic E-state index is 13.0. The van der Waals surface area contributed by atoms with Crippen molar-refractivity contribution in [1.82, 2.24) is 24.1 Å². The molecule has 4 heterocycles. The SMILES string of the molecule is COC(=O)c1cccc(NC(=O)NCc2nc3ccccn3c2C#Cc2cccc(C(F)(F)F)c2)c1.NCc1nc2ccccn2c1C#Cc1cccc(C(F)(F)F)c1. The molecule has 0 aliphatic heterocycles. The van der Waals surface area contributed by atoms with Crippen LogP contribution in [0.2, 0.25) is 0 Å². The summed E-state index contributed by atoms with van der Waals surface area (Å²) in [4.78, 5) is 33.0. The topological polar surface area (TPSA) is 128 Å². The van der Waals surface area contributed by atoms with Crippen LogP contribution in [0.25, 0.3) is 11.3 Å². The Labute approximate surface area is 332 Å². The molecule has 0 saturated carbocycles. The quantitative estimate of drug-likeness (QED) is 0.0918. The number of aromatic nitrogens is 4. The van der Waals surface area contributed by atoms with Crippen LogP contribution in [0.15, 0.2) is 122 Å². The Morgan fingerprint density at radius 2 is 1.20 bits per heavy atom. The molecule has 0 aliphatic carbocycles. The Balaban J connectivity index is 0.000000219. The summed E-state index contributed by atoms with van der Waals surface area (Å²) in [5.74, 6) is 10.8. The van der Waals surface area contributed by atoms with E-state index in [-0.39, 0.29) is 29.8 Å². The molecule has 0 atom stereocenters. The van der Waals surface area contributed by atoms with Crippen LogP contribution in [0.3, 0.4) is 0 Å². The van der Waals surface area contributed by atoms with E-state index in [0.717, 1.165) is 24.3 Å². The number of rotatable bonds is 5. The van der Waals surface area contributed by atoms with Gasteiger partial charge >= 0.3 is 24.4 Å². The van der Waals surface area contributed by atoms with Gasteiger partial charge in [0, 0.05) is 35.8 Å². The fourth-order valence-corrected chi connectivity index (χ4v) is 5.61. The normalized spacial score (nSPS) is 11.1. The van der Waals surface area contributed by atoms with Crippen molar-refractivity contribution < 1.29 is 40.7 Å². The number of nitrogens with two attached hydrogens (primary N) is 1. The van der Waals surface area contributed by atoms with Gasteiger partial charge in [-0.3, -0.25) is 8.80 Å². The number of hydrogen-bond donors (Lipinski definition) is 3. The maximum Gasteiger partial charge on any atom is 0.416 e. The summed E-state index contributed by atoms with van der Waals surface area (Å²) in [6.45, 7) is 0.199. The van der Waals surface area contributed by atoms with Crippen LogP contribution in [0.5, 0.6) is 0 Å². The number of esters is 1. The molecule has 0 saturated heterocycles. The molecule has 4 N–H and O–H groups in total. The Morgan fingerprint density at radius 3 is 1.73 bits per heavy atom. The van der Waals surface area contributed by atoms with Crippen LogP contribution in [0.4, 0.5) is 36.8 Å². The van der Waals surface area contributed by atoms with Crippen LogP contribution < -0.4 is 16.4 Å². The standard InChI is InChI=1S/C26H19F3N4O3.C17H12F3N3/c1-36-24(34)18-7-5-9-20(15-18)31-25(35)30-16-21-22(33-13-3-2-10-23(33)32-21)12-11-17-6-4-8-19(14-17)26(27,28)29;18-17(19,20)13-5-3-4-12(10-13)7-8-15-14(11-21)22-16-6-1-2-9-23(15)16/h2-10,13-15H,16H2,1H3,(H2,30,31,35);1-6,9-10H,11,21H2. The van der Waals surface area contributed by atoms with Gasteiger partial charge in [0.05, 0.1) is 41.7 Å². The minimum Gasteiger partial charge on any atom is -0.465 e. The molecule has 59 heavy (non-hydrogen) atoms. The lowest BCUT2D eigenvalue weighted by atomic mass is 10.1. The maximum absolute atomic E-state index is 13.0. The van der Waals surface area contributed by atoms with E-state index in [0.29, 0.717) is 39.8 Å². The second-order valence-electron chi connectivity index (χ2n) is 12.4. The lowest BCUT2D eigenvalue weighted by Crippen LogP contribution is -2.28. The average Bonchev–Trinajstić information content (AvgIpc) is 3.78. The number of anilines is 1. The van der Waals surface area contributed by atoms with Crippen molar-refractivity contribution in [3.63, 3.8) is 0 Å². The second kappa shape index (κ2) is 17.7. The monoisotopic (exact) mass is 807 g/mol. The van der Waals surface area contributed by atoms with Crippen LogP contribution >= 0.6 is 0 Å². The van der Waals surface area contributed by atoms with Gasteiger partial charge in [-0.05, 0) is 90.7 Å². The van der Waals surface area contributed by atoms with E-state index in [2.05, 4.69) is 49.0 Å². The van der Waals surface area contributed by atoms with Crippen molar-refractivity contribution >= 4 is 29.0 Å². The van der Waals surface area contributed by atoms with E-state index in [1.807, 2.05) is 18.2 Å². The molecule has 4 aromatic heterocycles. The van der Waals surface area contributed by atoms with Gasteiger partial charge in [-0.1, -0.05) is 42.2 Å². The molecule has 10 nitrogen and oxygen atoms in total. The number of carbonyl (C=O) groups is 2. The first kappa shape index (κ1) is 41.1. The summed E-state index contributed by atoms with van der Waals surface area (Å²) < 4.78 is 85.4. The molecular weight excluding hydrogens is 777 g/mol. The number of urea groups is 1. The van der Waals surface area contributed by atoms with Gasteiger partial charge in [0.15, 0.2) is 0 Å². The third-order valence-corrected chi connectivity index (χ3v) is 8.39. The molecular formula is C43H31F6N7O3. The Morgan fingerprint density at radius 1 is 0.678 bits per heavy atom. The second-order valence-corrected chi connectivity index (χ2v) is 12.4. The first-order valence-electron chi connectivity index (χ1n) is 17.5. The van der Waals surface area contributed by atoms with E-state index in [4.69, 9.17) is 5.73 Å². The number of hydrogen-bond acceptors (Lipinski definition) is 6. The first-order valence-corrected chi connectivity index (χ1v) is 17.5. The Kier molecular flexibility index (Phi) is 12.3. The minimum atomic E-state index is -4.47. The van der Waals surface area contributed by atoms with Crippen molar-refractivity contribution in [3.8, 4) is 23.7 Å². The van der Waals surface area contributed by atoms with Gasteiger partial charge < -0.3 is 21.1 Å². The third-order valence-electron chi connectivity index (χ3n) is 8.39. The van der Waals surface area contributed by atoms with E-state index >= 15 is 0 Å². The molecule has 298 valence electrons. The third kappa shape index (κ3) is 10.3. The molecule has 16 heteroatoms. The molecule has 7 rings (SSSR count). The van der Waals surface area contributed by atoms with Gasteiger partial charge in [0.1, 0.15) is 22.7 Å². The van der Waals surface area contributed by atoms with Gasteiger partial charge in [0.25, 0.3) is 0 Å². The first-order chi connectivity index (χ1) is 28.2. The zero-order valence-electron chi connectivity index (χ0n) is 30.8. The van der Waals surface area contributed by atoms with E-state index in [9.17, 15) is 35.9 Å². The van der Waals surface area contributed by atoms with Gasteiger partial charge in [-0.15, -0.1) is 0 Å². The highest BCUT2D eigenvalue weighted by molar-refractivity contribution is 5.93. The molecule has 0 spiro atoms. The van der Waals surface area contributed by atoms with Crippen molar-refractivity contribution in [3.05, 3.63) is 172 Å². The molecule has 0 radical (unpaired) electrons. The molecule has 7 aromatic rings. The molecule has 0 aliphatic rings. The smallest absolute Gasteiger partial charge is 0.416 e. The number of nitrogens with one attached hydrogen (secondary N) is 2. The summed E-state index contributed by atoms with van der Waals surface area (Å²) in [6, 6.07) is 26.1. The lowest BCUT2D eigenvalue weighted by molar-refractivity contribution is -0.138.